The predicted molar refractivity (Wildman–Crippen MR) is 236 cm³/mol. The van der Waals surface area contributed by atoms with E-state index < -0.39 is 18.0 Å². The van der Waals surface area contributed by atoms with Crippen LogP contribution in [0.4, 0.5) is 0 Å². The number of carboxylic acid groups (broad SMARTS) is 2. The maximum Gasteiger partial charge on any atom is 2.00 e. The number of rotatable bonds is 18. The molecule has 3 aromatic heterocycles. The monoisotopic (exact) mass is 852 g/mol. The van der Waals surface area contributed by atoms with E-state index in [9.17, 15) is 29.7 Å². The van der Waals surface area contributed by atoms with Crippen LogP contribution >= 0.6 is 0 Å². The molecule has 0 saturated carbocycles. The minimum atomic E-state index is -1.02. The van der Waals surface area contributed by atoms with Gasteiger partial charge in [-0.05, 0) is 117 Å². The van der Waals surface area contributed by atoms with Gasteiger partial charge in [0, 0.05) is 24.0 Å². The van der Waals surface area contributed by atoms with Gasteiger partial charge in [0.05, 0.1) is 28.9 Å². The summed E-state index contributed by atoms with van der Waals surface area (Å²) in [6.07, 6.45) is 13.4. The fraction of sp³-hybridized carbons (Fsp3) is 0.367. The molecule has 10 nitrogen and oxygen atoms in total. The number of carboxylic acids is 2. The molecule has 1 atom stereocenters. The number of carbonyl (C=O) groups excluding carboxylic acids is 1. The summed E-state index contributed by atoms with van der Waals surface area (Å²) >= 11 is 0. The third-order valence-corrected chi connectivity index (χ3v) is 11.1. The van der Waals surface area contributed by atoms with Gasteiger partial charge in [-0.1, -0.05) is 88.6 Å². The van der Waals surface area contributed by atoms with Gasteiger partial charge in [0.25, 0.3) is 0 Å². The quantitative estimate of drug-likeness (QED) is 0.0637. The van der Waals surface area contributed by atoms with Crippen LogP contribution < -0.4 is 9.97 Å². The van der Waals surface area contributed by atoms with E-state index >= 15 is 0 Å². The van der Waals surface area contributed by atoms with Crippen LogP contribution in [0.15, 0.2) is 71.9 Å². The molecule has 3 aromatic rings. The summed E-state index contributed by atoms with van der Waals surface area (Å²) in [4.78, 5) is 56.0. The summed E-state index contributed by atoms with van der Waals surface area (Å²) in [7, 11) is 0. The van der Waals surface area contributed by atoms with Crippen molar-refractivity contribution in [1.82, 2.24) is 19.9 Å². The number of aliphatic hydroxyl groups excluding tert-OH is 1. The number of aromatic nitrogens is 4. The van der Waals surface area contributed by atoms with Gasteiger partial charge in [0.2, 0.25) is 0 Å². The summed E-state index contributed by atoms with van der Waals surface area (Å²) in [6.45, 7) is 18.4. The van der Waals surface area contributed by atoms with Crippen LogP contribution in [0, 0.1) is 13.8 Å². The van der Waals surface area contributed by atoms with E-state index in [4.69, 9.17) is 19.9 Å². The molecule has 2 aliphatic rings. The number of carbonyl (C=O) groups is 3. The molecule has 5 heterocycles. The Hall–Kier alpha value is -5.35. The Kier molecular flexibility index (Phi) is 16.8. The van der Waals surface area contributed by atoms with Crippen LogP contribution in [0.3, 0.4) is 0 Å². The van der Waals surface area contributed by atoms with E-state index in [1.165, 1.54) is 16.7 Å². The van der Waals surface area contributed by atoms with Gasteiger partial charge in [0.15, 0.2) is 6.29 Å². The summed E-state index contributed by atoms with van der Waals surface area (Å²) < 4.78 is 0. The van der Waals surface area contributed by atoms with Crippen LogP contribution in [-0.2, 0) is 37.9 Å². The first-order valence-corrected chi connectivity index (χ1v) is 20.3. The zero-order valence-electron chi connectivity index (χ0n) is 35.8. The second-order valence-electron chi connectivity index (χ2n) is 15.8. The molecule has 0 saturated heterocycles. The van der Waals surface area contributed by atoms with Gasteiger partial charge in [-0.3, -0.25) is 14.4 Å². The molecule has 5 rings (SSSR count). The largest absolute Gasteiger partial charge is 2.00 e. The smallest absolute Gasteiger partial charge is 0.657 e. The Morgan fingerprint density at radius 3 is 1.85 bits per heavy atom. The van der Waals surface area contributed by atoms with Gasteiger partial charge in [-0.2, -0.15) is 0 Å². The van der Waals surface area contributed by atoms with Crippen molar-refractivity contribution in [1.29, 1.82) is 0 Å². The molecule has 0 amide bonds. The Labute approximate surface area is 363 Å². The predicted octanol–water partition coefficient (Wildman–Crippen LogP) is 10.5. The average molecular weight is 853 g/mol. The van der Waals surface area contributed by atoms with Gasteiger partial charge in [0.1, 0.15) is 0 Å². The number of aliphatic hydroxyl groups is 1. The molecule has 3 N–H and O–H groups in total. The van der Waals surface area contributed by atoms with Crippen LogP contribution in [0.5, 0.6) is 0 Å². The van der Waals surface area contributed by atoms with Gasteiger partial charge >= 0.3 is 29.0 Å². The van der Waals surface area contributed by atoms with Crippen LogP contribution in [0.1, 0.15) is 144 Å². The third kappa shape index (κ3) is 11.5. The molecular weight excluding hydrogens is 796 g/mol. The molecule has 2 aliphatic heterocycles. The van der Waals surface area contributed by atoms with Crippen LogP contribution in [0.2, 0.25) is 0 Å². The van der Waals surface area contributed by atoms with Crippen LogP contribution in [0.25, 0.3) is 44.4 Å². The third-order valence-electron chi connectivity index (χ3n) is 11.1. The SMILES string of the molecule is C=CC1=C(C)c2cc3[n-]c(cc4nc(cc5[n-]c(cc1n2)c(C)c5CCC(=O)O)C(CCC(=O)O)=C4C=O)c(C)c3[C@@H](O)CC/C=C(\C)CC/C=C(\C)CCC=C(C)C.[Fe+2]. The second-order valence-corrected chi connectivity index (χ2v) is 15.8. The number of aliphatic carboxylic acids is 2. The maximum absolute atomic E-state index is 12.8. The van der Waals surface area contributed by atoms with E-state index in [-0.39, 0.29) is 48.3 Å². The summed E-state index contributed by atoms with van der Waals surface area (Å²) in [5, 5.41) is 31.0. The van der Waals surface area contributed by atoms with Gasteiger partial charge < -0.3 is 25.3 Å². The minimum Gasteiger partial charge on any atom is -0.657 e. The molecule has 0 spiro atoms. The molecule has 60 heavy (non-hydrogen) atoms. The number of aldehydes is 1. The Bertz CT molecular complexity index is 2490. The number of nitrogens with zero attached hydrogens (tertiary/aromatic N) is 4. The Balaban J connectivity index is 0.00000794. The second kappa shape index (κ2) is 21.3. The Morgan fingerprint density at radius 1 is 0.700 bits per heavy atom. The molecule has 0 radical (unpaired) electrons. The molecule has 0 aromatic carbocycles. The van der Waals surface area contributed by atoms with E-state index in [0.29, 0.717) is 80.7 Å². The van der Waals surface area contributed by atoms with Gasteiger partial charge in [-0.25, -0.2) is 9.97 Å². The fourth-order valence-corrected chi connectivity index (χ4v) is 7.72. The maximum atomic E-state index is 12.8. The number of allylic oxidation sites excluding steroid dienone is 11. The number of aryl methyl sites for hydroxylation is 3. The first kappa shape index (κ1) is 47.3. The first-order valence-electron chi connectivity index (χ1n) is 20.3. The fourth-order valence-electron chi connectivity index (χ4n) is 7.72. The van der Waals surface area contributed by atoms with Crippen molar-refractivity contribution in [3.05, 3.63) is 117 Å². The van der Waals surface area contributed by atoms with Crippen molar-refractivity contribution >= 4 is 62.6 Å². The van der Waals surface area contributed by atoms with Gasteiger partial charge in [-0.15, -0.1) is 22.1 Å². The van der Waals surface area contributed by atoms with E-state index in [1.54, 1.807) is 18.2 Å². The molecule has 11 heteroatoms. The van der Waals surface area contributed by atoms with Crippen molar-refractivity contribution in [3.8, 4) is 0 Å². The van der Waals surface area contributed by atoms with E-state index in [2.05, 4.69) is 52.5 Å². The number of fused-ring (bicyclic) bond motifs is 8. The van der Waals surface area contributed by atoms with Crippen molar-refractivity contribution in [3.63, 3.8) is 0 Å². The molecule has 0 aliphatic carbocycles. The molecule has 8 bridgehead atoms. The standard InChI is InChI=1S/C49H58N4O6.Fe/c1-9-34-31(6)39-25-45-49(46(55)18-12-17-30(5)16-11-15-29(4)14-10-13-28(2)3)33(8)40(52-45)24-44-37(27-54)36(20-22-48(58)59)43(53-44)26-42-35(19-21-47(56)57)32(7)38(51-42)23-41(34)50-39;/h9,13,15,17,23-27,46,55H,1,10-12,14,16,18-22H2,2-8H3,(H4,50,51,52,53,54,56,57,58,59);/q;+2/p-2/b29-15+,30-17+,38-23?,39-25?,40-24?,41-23?,42-26?,43-26?,44-24?,45-25?;/t46-;/m0./s1. The summed E-state index contributed by atoms with van der Waals surface area (Å²) in [5.41, 5.74) is 13.3. The molecule has 0 fully saturated rings. The van der Waals surface area contributed by atoms with Crippen molar-refractivity contribution in [2.75, 3.05) is 0 Å². The van der Waals surface area contributed by atoms with E-state index in [0.717, 1.165) is 48.0 Å². The molecule has 316 valence electrons. The number of hydrogen-bond acceptors (Lipinski definition) is 6. The van der Waals surface area contributed by atoms with Crippen molar-refractivity contribution in [2.24, 2.45) is 0 Å². The van der Waals surface area contributed by atoms with Crippen molar-refractivity contribution < 1.29 is 46.8 Å². The Morgan fingerprint density at radius 2 is 1.23 bits per heavy atom. The molecule has 0 unspecified atom stereocenters. The minimum absolute atomic E-state index is 0. The zero-order valence-corrected chi connectivity index (χ0v) is 36.9. The molecular formula is C49H56FeN4O6. The summed E-state index contributed by atoms with van der Waals surface area (Å²) in [5.74, 6) is -1.98. The van der Waals surface area contributed by atoms with Crippen LogP contribution in [-0.4, -0.2) is 43.5 Å². The first-order chi connectivity index (χ1) is 28.1. The zero-order chi connectivity index (χ0) is 43.0. The average Bonchev–Trinajstić information content (AvgIpc) is 3.85. The topological polar surface area (TPSA) is 166 Å². The number of hydrogen-bond donors (Lipinski definition) is 3. The normalized spacial score (nSPS) is 13.6. The van der Waals surface area contributed by atoms with E-state index in [1.807, 2.05) is 32.9 Å². The summed E-state index contributed by atoms with van der Waals surface area (Å²) in [6, 6.07) is 7.13. The van der Waals surface area contributed by atoms with Crippen molar-refractivity contribution in [2.45, 2.75) is 119 Å².